The number of halogens is 2. The number of aryl methyl sites for hydroxylation is 3. The maximum absolute atomic E-state index is 15.5. The summed E-state index contributed by atoms with van der Waals surface area (Å²) in [5, 5.41) is 2.97. The highest BCUT2D eigenvalue weighted by Crippen LogP contribution is 2.39. The Morgan fingerprint density at radius 1 is 1.21 bits per heavy atom. The van der Waals surface area contributed by atoms with Gasteiger partial charge in [-0.15, -0.1) is 0 Å². The first-order valence-corrected chi connectivity index (χ1v) is 14.3. The Hall–Kier alpha value is -2.58. The van der Waals surface area contributed by atoms with E-state index in [1.807, 2.05) is 18.2 Å². The van der Waals surface area contributed by atoms with Crippen molar-refractivity contribution in [3.8, 4) is 0 Å². The van der Waals surface area contributed by atoms with E-state index in [2.05, 4.69) is 32.8 Å². The van der Waals surface area contributed by atoms with Gasteiger partial charge in [0.15, 0.2) is 6.04 Å². The molecule has 38 heavy (non-hydrogen) atoms. The lowest BCUT2D eigenvalue weighted by Gasteiger charge is -2.34. The third kappa shape index (κ3) is 6.01. The van der Waals surface area contributed by atoms with Gasteiger partial charge in [-0.3, -0.25) is 9.59 Å². The van der Waals surface area contributed by atoms with Gasteiger partial charge in [0.05, 0.1) is 6.10 Å². The Bertz CT molecular complexity index is 1260. The molecular formula is C30H35BrFN3O3. The molecule has 2 atom stereocenters. The van der Waals surface area contributed by atoms with E-state index in [9.17, 15) is 9.59 Å². The van der Waals surface area contributed by atoms with Crippen molar-refractivity contribution in [2.24, 2.45) is 11.8 Å². The molecule has 2 aromatic rings. The first-order chi connectivity index (χ1) is 18.2. The standard InChI is InChI=1S/C30H35BrFN3O3/c1-17-13-25(32)26(34-28(17)31)27(29(36)33-23-12-11-21-5-4-6-22(21)15-23)35(30(37)18(2)20-9-10-20)16-24(38-3)14-19-7-8-19/h11-13,15,19-20,24,27H,2,4-10,14,16H2,1,3H3,(H,33,36). The first kappa shape index (κ1) is 27.0. The molecular weight excluding hydrogens is 549 g/mol. The molecule has 202 valence electrons. The Kier molecular flexibility index (Phi) is 8.00. The lowest BCUT2D eigenvalue weighted by molar-refractivity contribution is -0.138. The van der Waals surface area contributed by atoms with Crippen LogP contribution in [0.5, 0.6) is 0 Å². The van der Waals surface area contributed by atoms with E-state index in [4.69, 9.17) is 4.74 Å². The molecule has 5 rings (SSSR count). The van der Waals surface area contributed by atoms with Crippen molar-refractivity contribution in [3.63, 3.8) is 0 Å². The average molecular weight is 585 g/mol. The van der Waals surface area contributed by atoms with Crippen molar-refractivity contribution in [3.05, 3.63) is 69.2 Å². The number of hydrogen-bond acceptors (Lipinski definition) is 4. The van der Waals surface area contributed by atoms with E-state index < -0.39 is 17.8 Å². The minimum Gasteiger partial charge on any atom is -0.380 e. The van der Waals surface area contributed by atoms with Crippen molar-refractivity contribution >= 4 is 33.4 Å². The molecule has 1 aromatic heterocycles. The quantitative estimate of drug-likeness (QED) is 0.257. The number of pyridine rings is 1. The Balaban J connectivity index is 1.53. The smallest absolute Gasteiger partial charge is 0.253 e. The molecule has 8 heteroatoms. The molecule has 2 fully saturated rings. The Labute approximate surface area is 232 Å². The number of nitrogens with zero attached hydrogens (tertiary/aromatic N) is 2. The van der Waals surface area contributed by atoms with Crippen molar-refractivity contribution < 1.29 is 18.7 Å². The molecule has 6 nitrogen and oxygen atoms in total. The molecule has 2 amide bonds. The number of methoxy groups -OCH3 is 1. The number of carbonyl (C=O) groups excluding carboxylic acids is 2. The molecule has 2 unspecified atom stereocenters. The number of amides is 2. The van der Waals surface area contributed by atoms with Gasteiger partial charge in [0.25, 0.3) is 11.8 Å². The number of benzene rings is 1. The van der Waals surface area contributed by atoms with Crippen molar-refractivity contribution in [1.29, 1.82) is 0 Å². The fraction of sp³-hybridized carbons (Fsp3) is 0.500. The zero-order valence-electron chi connectivity index (χ0n) is 22.1. The van der Waals surface area contributed by atoms with Gasteiger partial charge in [0.1, 0.15) is 16.1 Å². The summed E-state index contributed by atoms with van der Waals surface area (Å²) in [6.45, 7) is 5.95. The van der Waals surface area contributed by atoms with Gasteiger partial charge < -0.3 is 15.0 Å². The van der Waals surface area contributed by atoms with Gasteiger partial charge in [0, 0.05) is 24.9 Å². The second kappa shape index (κ2) is 11.3. The van der Waals surface area contributed by atoms with Crippen LogP contribution in [0.15, 0.2) is 41.0 Å². The summed E-state index contributed by atoms with van der Waals surface area (Å²) in [5.74, 6) is -0.852. The Morgan fingerprint density at radius 3 is 2.63 bits per heavy atom. The SMILES string of the molecule is C=C(C(=O)N(CC(CC1CC1)OC)C(C(=O)Nc1ccc2c(c1)CCC2)c1nc(Br)c(C)cc1F)C1CC1. The fourth-order valence-electron chi connectivity index (χ4n) is 5.32. The lowest BCUT2D eigenvalue weighted by Crippen LogP contribution is -2.46. The van der Waals surface area contributed by atoms with Gasteiger partial charge in [-0.25, -0.2) is 9.37 Å². The number of ether oxygens (including phenoxy) is 1. The largest absolute Gasteiger partial charge is 0.380 e. The zero-order valence-corrected chi connectivity index (χ0v) is 23.7. The van der Waals surface area contributed by atoms with E-state index in [1.54, 1.807) is 14.0 Å². The summed E-state index contributed by atoms with van der Waals surface area (Å²) in [4.78, 5) is 33.8. The second-order valence-electron chi connectivity index (χ2n) is 11.0. The molecule has 1 aromatic carbocycles. The number of carbonyl (C=O) groups is 2. The molecule has 0 aliphatic heterocycles. The third-order valence-corrected chi connectivity index (χ3v) is 8.75. The van der Waals surface area contributed by atoms with Gasteiger partial charge in [0.2, 0.25) is 0 Å². The summed E-state index contributed by atoms with van der Waals surface area (Å²) in [6.07, 6.45) is 7.63. The number of hydrogen-bond donors (Lipinski definition) is 1. The Morgan fingerprint density at radius 2 is 1.95 bits per heavy atom. The van der Waals surface area contributed by atoms with Crippen LogP contribution in [0.2, 0.25) is 0 Å². The van der Waals surface area contributed by atoms with Crippen molar-refractivity contribution in [2.45, 2.75) is 70.4 Å². The number of rotatable bonds is 11. The zero-order chi connectivity index (χ0) is 27.0. The van der Waals surface area contributed by atoms with Crippen LogP contribution in [-0.4, -0.2) is 41.5 Å². The van der Waals surface area contributed by atoms with Crippen molar-refractivity contribution in [2.75, 3.05) is 19.0 Å². The van der Waals surface area contributed by atoms with Gasteiger partial charge in [-0.1, -0.05) is 25.5 Å². The van der Waals surface area contributed by atoms with Crippen LogP contribution in [0, 0.1) is 24.6 Å². The predicted octanol–water partition coefficient (Wildman–Crippen LogP) is 6.07. The summed E-state index contributed by atoms with van der Waals surface area (Å²) < 4.78 is 21.7. The lowest BCUT2D eigenvalue weighted by atomic mass is 10.0. The number of nitrogens with one attached hydrogen (secondary N) is 1. The maximum atomic E-state index is 15.5. The van der Waals surface area contributed by atoms with E-state index in [0.29, 0.717) is 27.3 Å². The van der Waals surface area contributed by atoms with E-state index in [0.717, 1.165) is 51.4 Å². The van der Waals surface area contributed by atoms with Crippen LogP contribution in [0.25, 0.3) is 0 Å². The number of fused-ring (bicyclic) bond motifs is 1. The maximum Gasteiger partial charge on any atom is 0.253 e. The molecule has 0 radical (unpaired) electrons. The highest BCUT2D eigenvalue weighted by atomic mass is 79.9. The molecule has 1 N–H and O–H groups in total. The minimum atomic E-state index is -1.29. The molecule has 0 bridgehead atoms. The van der Waals surface area contributed by atoms with Crippen LogP contribution < -0.4 is 5.32 Å². The normalized spacial score (nSPS) is 18.0. The van der Waals surface area contributed by atoms with Crippen molar-refractivity contribution in [1.82, 2.24) is 9.88 Å². The minimum absolute atomic E-state index is 0.0948. The van der Waals surface area contributed by atoms with E-state index in [1.165, 1.54) is 22.1 Å². The second-order valence-corrected chi connectivity index (χ2v) is 11.7. The van der Waals surface area contributed by atoms with Crippen LogP contribution in [0.4, 0.5) is 10.1 Å². The predicted molar refractivity (Wildman–Crippen MR) is 148 cm³/mol. The summed E-state index contributed by atoms with van der Waals surface area (Å²) >= 11 is 3.40. The topological polar surface area (TPSA) is 71.5 Å². The van der Waals surface area contributed by atoms with Crippen LogP contribution in [0.3, 0.4) is 0 Å². The summed E-state index contributed by atoms with van der Waals surface area (Å²) in [7, 11) is 1.62. The van der Waals surface area contributed by atoms with E-state index >= 15 is 4.39 Å². The van der Waals surface area contributed by atoms with Crippen LogP contribution in [0.1, 0.15) is 67.0 Å². The molecule has 3 aliphatic rings. The summed E-state index contributed by atoms with van der Waals surface area (Å²) in [5.41, 5.74) is 4.08. The summed E-state index contributed by atoms with van der Waals surface area (Å²) in [6, 6.07) is 5.93. The molecule has 0 spiro atoms. The monoisotopic (exact) mass is 583 g/mol. The number of anilines is 1. The fourth-order valence-corrected chi connectivity index (χ4v) is 5.63. The average Bonchev–Trinajstić information content (AvgIpc) is 3.83. The number of aromatic nitrogens is 1. The van der Waals surface area contributed by atoms with Gasteiger partial charge in [-0.05, 0) is 108 Å². The molecule has 2 saturated carbocycles. The molecule has 3 aliphatic carbocycles. The van der Waals surface area contributed by atoms with Gasteiger partial charge >= 0.3 is 0 Å². The first-order valence-electron chi connectivity index (χ1n) is 13.5. The highest BCUT2D eigenvalue weighted by Gasteiger charge is 2.41. The third-order valence-electron chi connectivity index (χ3n) is 7.95. The highest BCUT2D eigenvalue weighted by molar-refractivity contribution is 9.10. The van der Waals surface area contributed by atoms with Crippen LogP contribution in [-0.2, 0) is 27.2 Å². The van der Waals surface area contributed by atoms with Crippen LogP contribution >= 0.6 is 15.9 Å². The van der Waals surface area contributed by atoms with E-state index in [-0.39, 0.29) is 30.2 Å². The molecule has 1 heterocycles. The molecule has 0 saturated heterocycles. The van der Waals surface area contributed by atoms with Gasteiger partial charge in [-0.2, -0.15) is 0 Å².